The van der Waals surface area contributed by atoms with Crippen molar-refractivity contribution in [3.63, 3.8) is 0 Å². The van der Waals surface area contributed by atoms with Crippen molar-refractivity contribution in [2.75, 3.05) is 13.7 Å². The van der Waals surface area contributed by atoms with E-state index in [1.54, 1.807) is 19.2 Å². The van der Waals surface area contributed by atoms with Crippen molar-refractivity contribution in [2.24, 2.45) is 5.73 Å². The summed E-state index contributed by atoms with van der Waals surface area (Å²) in [6.07, 6.45) is 1.96. The molecule has 1 aromatic rings. The van der Waals surface area contributed by atoms with Gasteiger partial charge in [0.2, 0.25) is 0 Å². The minimum absolute atomic E-state index is 0.112. The first kappa shape index (κ1) is 9.46. The smallest absolute Gasteiger partial charge is 0.127 e. The average molecular weight is 195 g/mol. The highest BCUT2D eigenvalue weighted by Crippen LogP contribution is 2.48. The third kappa shape index (κ3) is 1.38. The van der Waals surface area contributed by atoms with E-state index in [1.807, 2.05) is 0 Å². The number of hydrogen-bond donors (Lipinski definition) is 1. The number of hydrogen-bond acceptors (Lipinski definition) is 2. The summed E-state index contributed by atoms with van der Waals surface area (Å²) >= 11 is 0. The second-order valence-corrected chi connectivity index (χ2v) is 3.83. The number of methoxy groups -OCH3 is 1. The highest BCUT2D eigenvalue weighted by molar-refractivity contribution is 5.39. The van der Waals surface area contributed by atoms with Crippen LogP contribution in [-0.2, 0) is 5.41 Å². The van der Waals surface area contributed by atoms with Crippen LogP contribution in [-0.4, -0.2) is 13.7 Å². The number of halogens is 1. The highest BCUT2D eigenvalue weighted by Gasteiger charge is 2.44. The normalized spacial score (nSPS) is 17.9. The van der Waals surface area contributed by atoms with Crippen LogP contribution < -0.4 is 10.5 Å². The van der Waals surface area contributed by atoms with Crippen LogP contribution in [0.1, 0.15) is 18.4 Å². The maximum absolute atomic E-state index is 13.5. The zero-order chi connectivity index (χ0) is 10.2. The van der Waals surface area contributed by atoms with E-state index in [0.717, 1.165) is 12.8 Å². The molecule has 0 atom stereocenters. The molecule has 14 heavy (non-hydrogen) atoms. The van der Waals surface area contributed by atoms with Crippen molar-refractivity contribution >= 4 is 0 Å². The van der Waals surface area contributed by atoms with Crippen molar-refractivity contribution < 1.29 is 9.13 Å². The lowest BCUT2D eigenvalue weighted by Gasteiger charge is -2.14. The van der Waals surface area contributed by atoms with Crippen LogP contribution in [0, 0.1) is 5.82 Å². The minimum atomic E-state index is -0.172. The summed E-state index contributed by atoms with van der Waals surface area (Å²) < 4.78 is 18.6. The van der Waals surface area contributed by atoms with Crippen LogP contribution in [0.15, 0.2) is 18.2 Å². The van der Waals surface area contributed by atoms with Crippen molar-refractivity contribution in [1.29, 1.82) is 0 Å². The van der Waals surface area contributed by atoms with Crippen molar-refractivity contribution in [3.05, 3.63) is 29.6 Å². The second-order valence-electron chi connectivity index (χ2n) is 3.83. The van der Waals surface area contributed by atoms with Crippen molar-refractivity contribution in [3.8, 4) is 5.75 Å². The quantitative estimate of drug-likeness (QED) is 0.798. The predicted octanol–water partition coefficient (Wildman–Crippen LogP) is 1.82. The first-order chi connectivity index (χ1) is 6.72. The van der Waals surface area contributed by atoms with Gasteiger partial charge in [0.1, 0.15) is 11.6 Å². The van der Waals surface area contributed by atoms with Gasteiger partial charge >= 0.3 is 0 Å². The number of nitrogens with two attached hydrogens (primary N) is 1. The van der Waals surface area contributed by atoms with E-state index in [4.69, 9.17) is 10.5 Å². The Morgan fingerprint density at radius 2 is 2.21 bits per heavy atom. The lowest BCUT2D eigenvalue weighted by Crippen LogP contribution is -2.21. The van der Waals surface area contributed by atoms with E-state index in [-0.39, 0.29) is 11.2 Å². The fourth-order valence-electron chi connectivity index (χ4n) is 1.77. The largest absolute Gasteiger partial charge is 0.497 e. The fraction of sp³-hybridized carbons (Fsp3) is 0.455. The van der Waals surface area contributed by atoms with Gasteiger partial charge in [-0.15, -0.1) is 0 Å². The first-order valence-corrected chi connectivity index (χ1v) is 4.76. The summed E-state index contributed by atoms with van der Waals surface area (Å²) in [7, 11) is 1.58. The Hall–Kier alpha value is -1.09. The molecule has 1 aromatic carbocycles. The summed E-state index contributed by atoms with van der Waals surface area (Å²) in [5.41, 5.74) is 6.25. The van der Waals surface area contributed by atoms with Gasteiger partial charge in [-0.1, -0.05) is 0 Å². The van der Waals surface area contributed by atoms with E-state index in [9.17, 15) is 4.39 Å². The van der Waals surface area contributed by atoms with E-state index in [0.29, 0.717) is 17.9 Å². The molecule has 0 unspecified atom stereocenters. The number of benzene rings is 1. The van der Waals surface area contributed by atoms with E-state index in [1.165, 1.54) is 6.07 Å². The lowest BCUT2D eigenvalue weighted by atomic mass is 9.95. The molecule has 0 radical (unpaired) electrons. The molecule has 2 rings (SSSR count). The molecule has 0 aromatic heterocycles. The fourth-order valence-corrected chi connectivity index (χ4v) is 1.77. The molecule has 0 aliphatic heterocycles. The molecule has 0 saturated heterocycles. The molecular formula is C11H14FNO. The first-order valence-electron chi connectivity index (χ1n) is 4.76. The summed E-state index contributed by atoms with van der Waals surface area (Å²) in [5, 5.41) is 0. The molecule has 1 aliphatic rings. The molecule has 2 nitrogen and oxygen atoms in total. The lowest BCUT2D eigenvalue weighted by molar-refractivity contribution is 0.411. The SMILES string of the molecule is COc1ccc(F)c(C2(CN)CC2)c1. The Morgan fingerprint density at radius 3 is 2.71 bits per heavy atom. The Kier molecular flexibility index (Phi) is 2.19. The van der Waals surface area contributed by atoms with E-state index < -0.39 is 0 Å². The topological polar surface area (TPSA) is 35.2 Å². The molecule has 0 spiro atoms. The van der Waals surface area contributed by atoms with Crippen LogP contribution in [0.2, 0.25) is 0 Å². The molecule has 0 bridgehead atoms. The van der Waals surface area contributed by atoms with Gasteiger partial charge in [-0.3, -0.25) is 0 Å². The standard InChI is InChI=1S/C11H14FNO/c1-14-8-2-3-10(12)9(6-8)11(7-13)4-5-11/h2-3,6H,4-5,7,13H2,1H3. The zero-order valence-electron chi connectivity index (χ0n) is 8.22. The number of rotatable bonds is 3. The molecule has 3 heteroatoms. The van der Waals surface area contributed by atoms with Crippen molar-refractivity contribution in [2.45, 2.75) is 18.3 Å². The van der Waals surface area contributed by atoms with Gasteiger partial charge in [0.15, 0.2) is 0 Å². The molecule has 1 aliphatic carbocycles. The van der Waals surface area contributed by atoms with Crippen LogP contribution in [0.25, 0.3) is 0 Å². The van der Waals surface area contributed by atoms with Gasteiger partial charge in [-0.25, -0.2) is 4.39 Å². The second kappa shape index (κ2) is 3.24. The van der Waals surface area contributed by atoms with Gasteiger partial charge in [-0.05, 0) is 36.6 Å². The molecule has 2 N–H and O–H groups in total. The molecule has 1 saturated carbocycles. The maximum atomic E-state index is 13.5. The van der Waals surface area contributed by atoms with Gasteiger partial charge in [0.25, 0.3) is 0 Å². The Morgan fingerprint density at radius 1 is 1.50 bits per heavy atom. The number of ether oxygens (including phenoxy) is 1. The summed E-state index contributed by atoms with van der Waals surface area (Å²) in [6, 6.07) is 4.84. The third-order valence-corrected chi connectivity index (χ3v) is 2.99. The molecule has 0 amide bonds. The molecule has 76 valence electrons. The van der Waals surface area contributed by atoms with E-state index >= 15 is 0 Å². The van der Waals surface area contributed by atoms with Crippen molar-refractivity contribution in [1.82, 2.24) is 0 Å². The summed E-state index contributed by atoms with van der Waals surface area (Å²) in [6.45, 7) is 0.511. The Balaban J connectivity index is 2.41. The summed E-state index contributed by atoms with van der Waals surface area (Å²) in [5.74, 6) is 0.523. The monoisotopic (exact) mass is 195 g/mol. The molecule has 0 heterocycles. The minimum Gasteiger partial charge on any atom is -0.497 e. The summed E-state index contributed by atoms with van der Waals surface area (Å²) in [4.78, 5) is 0. The Labute approximate surface area is 82.9 Å². The van der Waals surface area contributed by atoms with Crippen LogP contribution >= 0.6 is 0 Å². The predicted molar refractivity (Wildman–Crippen MR) is 52.9 cm³/mol. The molecular weight excluding hydrogens is 181 g/mol. The average Bonchev–Trinajstić information content (AvgIpc) is 2.99. The van der Waals surface area contributed by atoms with E-state index in [2.05, 4.69) is 0 Å². The zero-order valence-corrected chi connectivity index (χ0v) is 8.22. The third-order valence-electron chi connectivity index (χ3n) is 2.99. The molecule has 1 fully saturated rings. The van der Waals surface area contributed by atoms with Crippen LogP contribution in [0.4, 0.5) is 4.39 Å². The maximum Gasteiger partial charge on any atom is 0.127 e. The van der Waals surface area contributed by atoms with Gasteiger partial charge in [0, 0.05) is 12.0 Å². The van der Waals surface area contributed by atoms with Crippen LogP contribution in [0.5, 0.6) is 5.75 Å². The van der Waals surface area contributed by atoms with Gasteiger partial charge in [0.05, 0.1) is 7.11 Å². The highest BCUT2D eigenvalue weighted by atomic mass is 19.1. The van der Waals surface area contributed by atoms with Crippen LogP contribution in [0.3, 0.4) is 0 Å². The Bertz CT molecular complexity index is 347. The van der Waals surface area contributed by atoms with Gasteiger partial charge < -0.3 is 10.5 Å². The van der Waals surface area contributed by atoms with Gasteiger partial charge in [-0.2, -0.15) is 0 Å².